The van der Waals surface area contributed by atoms with Crippen LogP contribution in [0.25, 0.3) is 22.0 Å². The molecule has 0 atom stereocenters. The van der Waals surface area contributed by atoms with E-state index in [1.807, 2.05) is 55.5 Å². The molecule has 0 saturated heterocycles. The van der Waals surface area contributed by atoms with Crippen molar-refractivity contribution in [3.63, 3.8) is 0 Å². The number of rotatable bonds is 4. The number of pyridine rings is 1. The van der Waals surface area contributed by atoms with Gasteiger partial charge in [0, 0.05) is 23.2 Å². The van der Waals surface area contributed by atoms with Gasteiger partial charge < -0.3 is 9.09 Å². The van der Waals surface area contributed by atoms with Crippen LogP contribution in [0.5, 0.6) is 0 Å². The summed E-state index contributed by atoms with van der Waals surface area (Å²) in [6.45, 7) is 3.78. The number of aryl methyl sites for hydroxylation is 2. The summed E-state index contributed by atoms with van der Waals surface area (Å²) in [5, 5.41) is 7.04. The molecule has 0 aliphatic rings. The molecule has 0 radical (unpaired) electrons. The van der Waals surface area contributed by atoms with E-state index in [1.54, 1.807) is 23.8 Å². The van der Waals surface area contributed by atoms with Crippen LogP contribution in [-0.4, -0.2) is 15.6 Å². The second-order valence-electron chi connectivity index (χ2n) is 6.77. The summed E-state index contributed by atoms with van der Waals surface area (Å²) in [6.07, 6.45) is 1.74. The molecule has 2 heterocycles. The van der Waals surface area contributed by atoms with Gasteiger partial charge in [0.2, 0.25) is 11.8 Å². The number of nitrogens with zero attached hydrogens (tertiary/aromatic N) is 2. The van der Waals surface area contributed by atoms with Gasteiger partial charge in [0.05, 0.1) is 11.2 Å². The van der Waals surface area contributed by atoms with Crippen LogP contribution in [0.1, 0.15) is 11.3 Å². The highest BCUT2D eigenvalue weighted by Crippen LogP contribution is 2.21. The van der Waals surface area contributed by atoms with Gasteiger partial charge in [-0.2, -0.15) is 0 Å². The van der Waals surface area contributed by atoms with Gasteiger partial charge in [-0.15, -0.1) is 0 Å². The highest BCUT2D eigenvalue weighted by atomic mass is 16.5. The Morgan fingerprint density at radius 3 is 2.61 bits per heavy atom. The third kappa shape index (κ3) is 3.44. The molecular weight excluding hydrogens is 354 g/mol. The molecule has 4 rings (SSSR count). The maximum Gasteiger partial charge on any atom is 0.246 e. The quantitative estimate of drug-likeness (QED) is 0.588. The fourth-order valence-electron chi connectivity index (χ4n) is 3.21. The molecule has 2 aromatic heterocycles. The van der Waals surface area contributed by atoms with Crippen LogP contribution in [-0.2, 0) is 11.3 Å². The van der Waals surface area contributed by atoms with E-state index in [0.29, 0.717) is 28.0 Å². The number of anilines is 1. The normalized spacial score (nSPS) is 10.9. The first-order valence-corrected chi connectivity index (χ1v) is 8.93. The number of hydrogen-bond acceptors (Lipinski definition) is 4. The Morgan fingerprint density at radius 1 is 1.11 bits per heavy atom. The highest BCUT2D eigenvalue weighted by Gasteiger charge is 2.14. The Balaban J connectivity index is 1.79. The van der Waals surface area contributed by atoms with Crippen molar-refractivity contribution < 1.29 is 9.32 Å². The van der Waals surface area contributed by atoms with Crippen molar-refractivity contribution in [1.29, 1.82) is 0 Å². The van der Waals surface area contributed by atoms with Gasteiger partial charge in [0.25, 0.3) is 0 Å². The molecule has 4 aromatic rings. The standard InChI is InChI=1S/C22H19N3O3/c1-14-8-9-17-19(10-14)25(13-20(26)23-21-11-15(2)24-28-21)12-18(22(17)27)16-6-4-3-5-7-16/h3-12H,13H2,1-2H3,(H,23,26). The zero-order chi connectivity index (χ0) is 19.7. The number of fused-ring (bicyclic) bond motifs is 1. The number of aromatic nitrogens is 2. The molecule has 1 N–H and O–H groups in total. The first-order valence-electron chi connectivity index (χ1n) is 8.93. The summed E-state index contributed by atoms with van der Waals surface area (Å²) in [5.41, 5.74) is 3.73. The average Bonchev–Trinajstić information content (AvgIpc) is 3.09. The molecule has 0 unspecified atom stereocenters. The molecule has 140 valence electrons. The SMILES string of the molecule is Cc1ccc2c(=O)c(-c3ccccc3)cn(CC(=O)Nc3cc(C)no3)c2c1. The van der Waals surface area contributed by atoms with Gasteiger partial charge in [-0.1, -0.05) is 41.6 Å². The second kappa shape index (κ2) is 7.15. The Labute approximate surface area is 161 Å². The first kappa shape index (κ1) is 17.7. The molecule has 0 saturated carbocycles. The van der Waals surface area contributed by atoms with Gasteiger partial charge in [-0.25, -0.2) is 0 Å². The minimum atomic E-state index is -0.262. The van der Waals surface area contributed by atoms with Crippen LogP contribution in [0, 0.1) is 13.8 Å². The summed E-state index contributed by atoms with van der Waals surface area (Å²) < 4.78 is 6.85. The monoisotopic (exact) mass is 373 g/mol. The summed E-state index contributed by atoms with van der Waals surface area (Å²) in [4.78, 5) is 25.6. The lowest BCUT2D eigenvalue weighted by Crippen LogP contribution is -2.21. The van der Waals surface area contributed by atoms with Crippen LogP contribution in [0.3, 0.4) is 0 Å². The molecule has 1 amide bonds. The molecule has 6 nitrogen and oxygen atoms in total. The Hall–Kier alpha value is -3.67. The maximum absolute atomic E-state index is 13.0. The Kier molecular flexibility index (Phi) is 4.53. The average molecular weight is 373 g/mol. The molecule has 2 aromatic carbocycles. The predicted octanol–water partition coefficient (Wildman–Crippen LogP) is 3.91. The van der Waals surface area contributed by atoms with Crippen LogP contribution in [0.15, 0.2) is 70.1 Å². The minimum absolute atomic E-state index is 0.0415. The smallest absolute Gasteiger partial charge is 0.246 e. The number of nitrogens with one attached hydrogen (secondary N) is 1. The zero-order valence-electron chi connectivity index (χ0n) is 15.6. The lowest BCUT2D eigenvalue weighted by Gasteiger charge is -2.14. The van der Waals surface area contributed by atoms with E-state index < -0.39 is 0 Å². The third-order valence-electron chi connectivity index (χ3n) is 4.53. The second-order valence-corrected chi connectivity index (χ2v) is 6.77. The highest BCUT2D eigenvalue weighted by molar-refractivity contribution is 5.91. The van der Waals surface area contributed by atoms with Crippen molar-refractivity contribution in [2.75, 3.05) is 5.32 Å². The molecule has 0 aliphatic heterocycles. The molecular formula is C22H19N3O3. The van der Waals surface area contributed by atoms with Crippen LogP contribution in [0.2, 0.25) is 0 Å². The summed E-state index contributed by atoms with van der Waals surface area (Å²) in [7, 11) is 0. The lowest BCUT2D eigenvalue weighted by molar-refractivity contribution is -0.116. The van der Waals surface area contributed by atoms with Crippen LogP contribution >= 0.6 is 0 Å². The first-order chi connectivity index (χ1) is 13.5. The van der Waals surface area contributed by atoms with E-state index in [0.717, 1.165) is 11.1 Å². The number of hydrogen-bond donors (Lipinski definition) is 1. The minimum Gasteiger partial charge on any atom is -0.338 e. The van der Waals surface area contributed by atoms with E-state index in [-0.39, 0.29) is 17.9 Å². The Bertz CT molecular complexity index is 1220. The van der Waals surface area contributed by atoms with E-state index in [1.165, 1.54) is 0 Å². The molecule has 0 aliphatic carbocycles. The van der Waals surface area contributed by atoms with Crippen molar-refractivity contribution >= 4 is 22.7 Å². The summed E-state index contributed by atoms with van der Waals surface area (Å²) in [6, 6.07) is 16.7. The third-order valence-corrected chi connectivity index (χ3v) is 4.53. The lowest BCUT2D eigenvalue weighted by atomic mass is 10.0. The van der Waals surface area contributed by atoms with Crippen molar-refractivity contribution in [2.45, 2.75) is 20.4 Å². The summed E-state index contributed by atoms with van der Waals surface area (Å²) in [5.74, 6) is 0.0360. The maximum atomic E-state index is 13.0. The predicted molar refractivity (Wildman–Crippen MR) is 108 cm³/mol. The van der Waals surface area contributed by atoms with Crippen LogP contribution in [0.4, 0.5) is 5.88 Å². The fraction of sp³-hybridized carbons (Fsp3) is 0.136. The van der Waals surface area contributed by atoms with Gasteiger partial charge in [0.1, 0.15) is 6.54 Å². The van der Waals surface area contributed by atoms with E-state index in [2.05, 4.69) is 10.5 Å². The molecule has 0 fully saturated rings. The molecule has 0 spiro atoms. The van der Waals surface area contributed by atoms with E-state index in [4.69, 9.17) is 4.52 Å². The van der Waals surface area contributed by atoms with Crippen molar-refractivity contribution in [2.24, 2.45) is 0 Å². The number of carbonyl (C=O) groups excluding carboxylic acids is 1. The zero-order valence-corrected chi connectivity index (χ0v) is 15.6. The topological polar surface area (TPSA) is 77.1 Å². The van der Waals surface area contributed by atoms with E-state index in [9.17, 15) is 9.59 Å². The molecule has 6 heteroatoms. The Morgan fingerprint density at radius 2 is 1.89 bits per heavy atom. The number of carbonyl (C=O) groups is 1. The molecule has 28 heavy (non-hydrogen) atoms. The van der Waals surface area contributed by atoms with Crippen molar-refractivity contribution in [3.05, 3.63) is 82.3 Å². The largest absolute Gasteiger partial charge is 0.338 e. The fourth-order valence-corrected chi connectivity index (χ4v) is 3.21. The van der Waals surface area contributed by atoms with Crippen molar-refractivity contribution in [3.8, 4) is 11.1 Å². The van der Waals surface area contributed by atoms with Crippen LogP contribution < -0.4 is 10.7 Å². The van der Waals surface area contributed by atoms with Gasteiger partial charge in [0.15, 0.2) is 5.43 Å². The van der Waals surface area contributed by atoms with Gasteiger partial charge in [-0.05, 0) is 37.1 Å². The number of amides is 1. The number of benzene rings is 2. The van der Waals surface area contributed by atoms with E-state index >= 15 is 0 Å². The summed E-state index contributed by atoms with van der Waals surface area (Å²) >= 11 is 0. The van der Waals surface area contributed by atoms with Gasteiger partial charge in [-0.3, -0.25) is 14.9 Å². The van der Waals surface area contributed by atoms with Gasteiger partial charge >= 0.3 is 0 Å². The van der Waals surface area contributed by atoms with Crippen molar-refractivity contribution in [1.82, 2.24) is 9.72 Å². The molecule has 0 bridgehead atoms.